The van der Waals surface area contributed by atoms with Gasteiger partial charge in [0.15, 0.2) is 0 Å². The van der Waals surface area contributed by atoms with Crippen LogP contribution < -0.4 is 0 Å². The molecule has 10 heavy (non-hydrogen) atoms. The average molecular weight is 206 g/mol. The van der Waals surface area contributed by atoms with E-state index in [0.29, 0.717) is 0 Å². The molecule has 0 aromatic heterocycles. The van der Waals surface area contributed by atoms with Gasteiger partial charge in [-0.05, 0) is 18.4 Å². The standard InChI is InChI=1S/C5H8BrN3O/c6-5-3(8-9-7)1-2-4(5)10/h3-5,10H,1-2H2/t3-,4+,5+/m1/s1. The highest BCUT2D eigenvalue weighted by Crippen LogP contribution is 2.28. The minimum absolute atomic E-state index is 0.0524. The fraction of sp³-hybridized carbons (Fsp3) is 1.00. The molecule has 0 radical (unpaired) electrons. The Morgan fingerprint density at radius 1 is 1.60 bits per heavy atom. The number of azide groups is 1. The van der Waals surface area contributed by atoms with E-state index in [4.69, 9.17) is 10.6 Å². The van der Waals surface area contributed by atoms with Crippen LogP contribution in [0.4, 0.5) is 0 Å². The number of aliphatic hydroxyl groups excluding tert-OH is 1. The van der Waals surface area contributed by atoms with Crippen LogP contribution >= 0.6 is 15.9 Å². The molecule has 0 spiro atoms. The molecule has 0 bridgehead atoms. The molecule has 1 N–H and O–H groups in total. The van der Waals surface area contributed by atoms with E-state index in [1.165, 1.54) is 0 Å². The van der Waals surface area contributed by atoms with Crippen LogP contribution in [0.5, 0.6) is 0 Å². The molecule has 1 fully saturated rings. The molecule has 56 valence electrons. The molecule has 0 aromatic carbocycles. The predicted octanol–water partition coefficient (Wildman–Crippen LogP) is 1.58. The van der Waals surface area contributed by atoms with Gasteiger partial charge in [-0.1, -0.05) is 21.0 Å². The second-order valence-electron chi connectivity index (χ2n) is 2.36. The quantitative estimate of drug-likeness (QED) is 0.301. The molecule has 5 heteroatoms. The summed E-state index contributed by atoms with van der Waals surface area (Å²) in [5.74, 6) is 0. The van der Waals surface area contributed by atoms with Crippen molar-refractivity contribution in [1.29, 1.82) is 0 Å². The van der Waals surface area contributed by atoms with Gasteiger partial charge in [0.2, 0.25) is 0 Å². The lowest BCUT2D eigenvalue weighted by Gasteiger charge is -2.08. The topological polar surface area (TPSA) is 69.0 Å². The monoisotopic (exact) mass is 205 g/mol. The van der Waals surface area contributed by atoms with Gasteiger partial charge in [-0.15, -0.1) is 0 Å². The number of hydrogen-bond acceptors (Lipinski definition) is 2. The molecular formula is C5H8BrN3O. The van der Waals surface area contributed by atoms with Crippen molar-refractivity contribution >= 4 is 15.9 Å². The molecule has 0 unspecified atom stereocenters. The third-order valence-electron chi connectivity index (χ3n) is 1.69. The van der Waals surface area contributed by atoms with Gasteiger partial charge in [0.1, 0.15) is 0 Å². The van der Waals surface area contributed by atoms with Crippen LogP contribution in [0, 0.1) is 0 Å². The minimum Gasteiger partial charge on any atom is -0.392 e. The van der Waals surface area contributed by atoms with Gasteiger partial charge >= 0.3 is 0 Å². The van der Waals surface area contributed by atoms with Crippen LogP contribution in [0.2, 0.25) is 0 Å². The van der Waals surface area contributed by atoms with E-state index >= 15 is 0 Å². The minimum atomic E-state index is -0.351. The Morgan fingerprint density at radius 3 is 2.70 bits per heavy atom. The maximum absolute atomic E-state index is 9.16. The molecule has 0 heterocycles. The SMILES string of the molecule is [N-]=[N+]=N[C@@H]1CC[C@H](O)[C@H]1Br. The molecule has 1 aliphatic carbocycles. The Morgan fingerprint density at radius 2 is 2.30 bits per heavy atom. The van der Waals surface area contributed by atoms with Crippen LogP contribution in [0.25, 0.3) is 10.4 Å². The van der Waals surface area contributed by atoms with Gasteiger partial charge in [-0.25, -0.2) is 0 Å². The first kappa shape index (κ1) is 7.85. The molecule has 1 rings (SSSR count). The average Bonchev–Trinajstić information content (AvgIpc) is 2.20. The summed E-state index contributed by atoms with van der Waals surface area (Å²) in [5, 5.41) is 12.7. The van der Waals surface area contributed by atoms with Crippen molar-refractivity contribution in [2.75, 3.05) is 0 Å². The summed E-state index contributed by atoms with van der Waals surface area (Å²) >= 11 is 3.26. The molecule has 0 aromatic rings. The summed E-state index contributed by atoms with van der Waals surface area (Å²) in [6, 6.07) is -0.0694. The molecular weight excluding hydrogens is 198 g/mol. The molecule has 1 saturated carbocycles. The van der Waals surface area contributed by atoms with Crippen LogP contribution in [-0.2, 0) is 0 Å². The second kappa shape index (κ2) is 3.23. The highest BCUT2D eigenvalue weighted by Gasteiger charge is 2.31. The third-order valence-corrected chi connectivity index (χ3v) is 2.91. The first-order valence-electron chi connectivity index (χ1n) is 3.12. The van der Waals surface area contributed by atoms with Crippen LogP contribution in [-0.4, -0.2) is 22.1 Å². The molecule has 0 amide bonds. The number of aliphatic hydroxyl groups is 1. The van der Waals surface area contributed by atoms with Gasteiger partial charge in [0, 0.05) is 9.74 Å². The van der Waals surface area contributed by atoms with E-state index in [0.717, 1.165) is 12.8 Å². The Bertz CT molecular complexity index is 168. The van der Waals surface area contributed by atoms with E-state index in [-0.39, 0.29) is 17.0 Å². The Labute approximate surface area is 67.0 Å². The fourth-order valence-corrected chi connectivity index (χ4v) is 1.74. The zero-order chi connectivity index (χ0) is 7.56. The molecule has 1 aliphatic rings. The lowest BCUT2D eigenvalue weighted by molar-refractivity contribution is 0.188. The summed E-state index contributed by atoms with van der Waals surface area (Å²) in [7, 11) is 0. The summed E-state index contributed by atoms with van der Waals surface area (Å²) in [5.41, 5.74) is 8.09. The van der Waals surface area contributed by atoms with Crippen molar-refractivity contribution < 1.29 is 5.11 Å². The maximum Gasteiger partial charge on any atom is 0.0669 e. The van der Waals surface area contributed by atoms with E-state index in [9.17, 15) is 0 Å². The van der Waals surface area contributed by atoms with Crippen molar-refractivity contribution in [3.8, 4) is 0 Å². The van der Waals surface area contributed by atoms with E-state index in [2.05, 4.69) is 26.0 Å². The zero-order valence-electron chi connectivity index (χ0n) is 5.31. The Hall–Kier alpha value is -0.250. The normalized spacial score (nSPS) is 39.2. The van der Waals surface area contributed by atoms with Gasteiger partial charge in [-0.3, -0.25) is 0 Å². The number of hydrogen-bond donors (Lipinski definition) is 1. The van der Waals surface area contributed by atoms with Crippen molar-refractivity contribution in [3.05, 3.63) is 10.4 Å². The lowest BCUT2D eigenvalue weighted by atomic mass is 10.3. The molecule has 0 saturated heterocycles. The first-order chi connectivity index (χ1) is 4.75. The van der Waals surface area contributed by atoms with Crippen molar-refractivity contribution in [2.24, 2.45) is 5.11 Å². The van der Waals surface area contributed by atoms with E-state index < -0.39 is 0 Å². The predicted molar refractivity (Wildman–Crippen MR) is 40.9 cm³/mol. The highest BCUT2D eigenvalue weighted by molar-refractivity contribution is 9.09. The van der Waals surface area contributed by atoms with Gasteiger partial charge < -0.3 is 5.11 Å². The van der Waals surface area contributed by atoms with Crippen molar-refractivity contribution in [2.45, 2.75) is 29.8 Å². The smallest absolute Gasteiger partial charge is 0.0669 e. The number of rotatable bonds is 1. The fourth-order valence-electron chi connectivity index (χ4n) is 1.10. The number of alkyl halides is 1. The van der Waals surface area contributed by atoms with Crippen LogP contribution in [0.3, 0.4) is 0 Å². The number of halogens is 1. The summed E-state index contributed by atoms with van der Waals surface area (Å²) in [6.45, 7) is 0. The summed E-state index contributed by atoms with van der Waals surface area (Å²) in [6.07, 6.45) is 1.15. The third kappa shape index (κ3) is 1.42. The van der Waals surface area contributed by atoms with Gasteiger partial charge in [-0.2, -0.15) is 0 Å². The van der Waals surface area contributed by atoms with E-state index in [1.54, 1.807) is 0 Å². The van der Waals surface area contributed by atoms with Gasteiger partial charge in [0.25, 0.3) is 0 Å². The molecule has 4 nitrogen and oxygen atoms in total. The van der Waals surface area contributed by atoms with Crippen molar-refractivity contribution in [3.63, 3.8) is 0 Å². The summed E-state index contributed by atoms with van der Waals surface area (Å²) < 4.78 is 0. The van der Waals surface area contributed by atoms with Gasteiger partial charge in [0.05, 0.1) is 12.1 Å². The number of nitrogens with zero attached hydrogens (tertiary/aromatic N) is 3. The van der Waals surface area contributed by atoms with Crippen molar-refractivity contribution in [1.82, 2.24) is 0 Å². The molecule has 0 aliphatic heterocycles. The highest BCUT2D eigenvalue weighted by atomic mass is 79.9. The largest absolute Gasteiger partial charge is 0.392 e. The molecule has 3 atom stereocenters. The zero-order valence-corrected chi connectivity index (χ0v) is 6.90. The van der Waals surface area contributed by atoms with E-state index in [1.807, 2.05) is 0 Å². The second-order valence-corrected chi connectivity index (χ2v) is 3.42. The first-order valence-corrected chi connectivity index (χ1v) is 4.03. The maximum atomic E-state index is 9.16. The van der Waals surface area contributed by atoms with Crippen LogP contribution in [0.15, 0.2) is 5.11 Å². The Kier molecular flexibility index (Phi) is 2.54. The Balaban J connectivity index is 2.56. The lowest BCUT2D eigenvalue weighted by Crippen LogP contribution is -2.20. The summed E-state index contributed by atoms with van der Waals surface area (Å²) in [4.78, 5) is 2.63. The van der Waals surface area contributed by atoms with Crippen LogP contribution in [0.1, 0.15) is 12.8 Å².